The lowest BCUT2D eigenvalue weighted by Gasteiger charge is -2.10. The van der Waals surface area contributed by atoms with Gasteiger partial charge in [0, 0.05) is 10.7 Å². The Bertz CT molecular complexity index is 681. The molecule has 0 radical (unpaired) electrons. The molecule has 1 N–H and O–H groups in total. The summed E-state index contributed by atoms with van der Waals surface area (Å²) in [6.07, 6.45) is -5.19. The van der Waals surface area contributed by atoms with Crippen molar-refractivity contribution in [3.8, 4) is 5.75 Å². The van der Waals surface area contributed by atoms with Crippen LogP contribution in [0.15, 0.2) is 15.9 Å². The van der Waals surface area contributed by atoms with Gasteiger partial charge in [0.25, 0.3) is 14.6 Å². The Morgan fingerprint density at radius 3 is 2.32 bits per heavy atom. The number of ether oxygens (including phenoxy) is 1. The molecule has 1 rings (SSSR count). The minimum absolute atomic E-state index is 0.259. The molecule has 0 saturated carbocycles. The van der Waals surface area contributed by atoms with Crippen molar-refractivity contribution in [1.82, 2.24) is 4.98 Å². The zero-order chi connectivity index (χ0) is 15.0. The summed E-state index contributed by atoms with van der Waals surface area (Å²) < 4.78 is 61.5. The number of nitrogens with one attached hydrogen (secondary N) is 1. The molecule has 0 bridgehead atoms. The summed E-state index contributed by atoms with van der Waals surface area (Å²) >= 11 is 0. The van der Waals surface area contributed by atoms with Crippen LogP contribution in [0.5, 0.6) is 5.75 Å². The quantitative estimate of drug-likeness (QED) is 0.505. The van der Waals surface area contributed by atoms with Gasteiger partial charge in [-0.15, -0.1) is 13.2 Å². The highest BCUT2D eigenvalue weighted by molar-refractivity contribution is 8.13. The smallest absolute Gasteiger partial charge is 0.397 e. The molecule has 0 aliphatic carbocycles. The minimum Gasteiger partial charge on any atom is -0.397 e. The third-order valence-electron chi connectivity index (χ3n) is 1.64. The fourth-order valence-electron chi connectivity index (χ4n) is 1.06. The summed E-state index contributed by atoms with van der Waals surface area (Å²) in [4.78, 5) is 20.2. The molecule has 0 saturated heterocycles. The summed E-state index contributed by atoms with van der Waals surface area (Å²) in [5.41, 5.74) is -2.99. The fraction of sp³-hybridized carbons (Fsp3) is 0.167. The third kappa shape index (κ3) is 3.57. The molecule has 0 spiro atoms. The van der Waals surface area contributed by atoms with Gasteiger partial charge in [0.05, 0.1) is 11.1 Å². The predicted molar refractivity (Wildman–Crippen MR) is 53.4 cm³/mol. The van der Waals surface area contributed by atoms with Crippen LogP contribution in [0.25, 0.3) is 0 Å². The molecule has 106 valence electrons. The molecule has 13 heteroatoms. The summed E-state index contributed by atoms with van der Waals surface area (Å²) in [7, 11) is -0.237. The molecule has 0 unspecified atom stereocenters. The van der Waals surface area contributed by atoms with E-state index in [1.54, 1.807) is 4.98 Å². The van der Waals surface area contributed by atoms with Crippen LogP contribution in [0.4, 0.5) is 18.9 Å². The maximum Gasteiger partial charge on any atom is 0.573 e. The maximum atomic E-state index is 12.1. The summed E-state index contributed by atoms with van der Waals surface area (Å²) in [6.45, 7) is 0. The Morgan fingerprint density at radius 1 is 1.42 bits per heavy atom. The second-order valence-electron chi connectivity index (χ2n) is 2.90. The van der Waals surface area contributed by atoms with E-state index in [4.69, 9.17) is 10.7 Å². The first-order chi connectivity index (χ1) is 8.43. The zero-order valence-electron chi connectivity index (χ0n) is 8.39. The topological polar surface area (TPSA) is 119 Å². The first-order valence-electron chi connectivity index (χ1n) is 4.04. The van der Waals surface area contributed by atoms with Crippen molar-refractivity contribution in [2.75, 3.05) is 0 Å². The van der Waals surface area contributed by atoms with Crippen molar-refractivity contribution >= 4 is 25.4 Å². The van der Waals surface area contributed by atoms with E-state index in [0.29, 0.717) is 0 Å². The van der Waals surface area contributed by atoms with E-state index in [1.165, 1.54) is 0 Å². The normalized spacial score (nSPS) is 12.2. The minimum atomic E-state index is -5.45. The molecule has 1 aromatic rings. The number of rotatable bonds is 3. The van der Waals surface area contributed by atoms with Crippen molar-refractivity contribution < 1.29 is 31.2 Å². The van der Waals surface area contributed by atoms with E-state index in [2.05, 4.69) is 4.74 Å². The molecule has 8 nitrogen and oxygen atoms in total. The van der Waals surface area contributed by atoms with Crippen molar-refractivity contribution in [1.29, 1.82) is 0 Å². The van der Waals surface area contributed by atoms with Crippen LogP contribution < -0.4 is 10.3 Å². The summed E-state index contributed by atoms with van der Waals surface area (Å²) in [5, 5.41) is 10.5. The van der Waals surface area contributed by atoms with E-state index >= 15 is 0 Å². The second-order valence-corrected chi connectivity index (χ2v) is 5.41. The molecule has 0 fully saturated rings. The molecule has 1 aromatic heterocycles. The number of pyridine rings is 1. The summed E-state index contributed by atoms with van der Waals surface area (Å²) in [5.74, 6) is -1.80. The van der Waals surface area contributed by atoms with Gasteiger partial charge in [-0.05, 0) is 0 Å². The monoisotopic (exact) mass is 322 g/mol. The Balaban J connectivity index is 3.75. The van der Waals surface area contributed by atoms with Gasteiger partial charge in [0.2, 0.25) is 5.75 Å². The number of nitrogens with zero attached hydrogens (tertiary/aromatic N) is 1. The average Bonchev–Trinajstić information content (AvgIpc) is 2.11. The Morgan fingerprint density at radius 2 is 1.95 bits per heavy atom. The van der Waals surface area contributed by atoms with Gasteiger partial charge < -0.3 is 9.72 Å². The lowest BCUT2D eigenvalue weighted by atomic mass is 10.4. The molecular formula is C6H2ClF3N2O6S. The highest BCUT2D eigenvalue weighted by Crippen LogP contribution is 2.36. The second kappa shape index (κ2) is 4.70. The number of hydrogen-bond acceptors (Lipinski definition) is 6. The maximum absolute atomic E-state index is 12.1. The number of halogens is 4. The third-order valence-corrected chi connectivity index (χ3v) is 2.96. The van der Waals surface area contributed by atoms with Crippen LogP contribution in [0.3, 0.4) is 0 Å². The van der Waals surface area contributed by atoms with E-state index in [0.717, 1.165) is 0 Å². The molecular weight excluding hydrogens is 321 g/mol. The van der Waals surface area contributed by atoms with Crippen molar-refractivity contribution in [3.05, 3.63) is 26.7 Å². The zero-order valence-corrected chi connectivity index (χ0v) is 9.97. The number of H-pyrrole nitrogens is 1. The molecule has 0 aliphatic heterocycles. The van der Waals surface area contributed by atoms with E-state index in [-0.39, 0.29) is 6.20 Å². The van der Waals surface area contributed by atoms with Crippen LogP contribution in [-0.4, -0.2) is 24.7 Å². The standard InChI is InChI=1S/C6H2ClF3N2O6S/c7-19(16,17)4-3(18-6(8,9)10)2(12(14)15)1-11-5(4)13/h1H,(H,11,13). The van der Waals surface area contributed by atoms with Gasteiger partial charge >= 0.3 is 12.0 Å². The van der Waals surface area contributed by atoms with Crippen LogP contribution >= 0.6 is 10.7 Å². The fourth-order valence-corrected chi connectivity index (χ4v) is 2.12. The van der Waals surface area contributed by atoms with Gasteiger partial charge in [-0.3, -0.25) is 14.9 Å². The Hall–Kier alpha value is -1.82. The number of nitro groups is 1. The van der Waals surface area contributed by atoms with Gasteiger partial charge in [-0.2, -0.15) is 0 Å². The van der Waals surface area contributed by atoms with Gasteiger partial charge in [-0.25, -0.2) is 8.42 Å². The van der Waals surface area contributed by atoms with Crippen LogP contribution in [0, 0.1) is 10.1 Å². The van der Waals surface area contributed by atoms with Gasteiger partial charge in [0.15, 0.2) is 4.90 Å². The van der Waals surface area contributed by atoms with E-state index < -0.39 is 42.2 Å². The van der Waals surface area contributed by atoms with E-state index in [9.17, 15) is 36.5 Å². The molecule has 0 amide bonds. The number of alkyl halides is 3. The lowest BCUT2D eigenvalue weighted by molar-refractivity contribution is -0.389. The van der Waals surface area contributed by atoms with Gasteiger partial charge in [-0.1, -0.05) is 0 Å². The highest BCUT2D eigenvalue weighted by Gasteiger charge is 2.39. The van der Waals surface area contributed by atoms with Crippen LogP contribution in [0.2, 0.25) is 0 Å². The first-order valence-corrected chi connectivity index (χ1v) is 6.35. The Kier molecular flexibility index (Phi) is 3.77. The lowest BCUT2D eigenvalue weighted by Crippen LogP contribution is -2.23. The summed E-state index contributed by atoms with van der Waals surface area (Å²) in [6, 6.07) is 0. The Labute approximate surface area is 106 Å². The number of aromatic amines is 1. The van der Waals surface area contributed by atoms with Crippen molar-refractivity contribution in [2.24, 2.45) is 0 Å². The SMILES string of the molecule is O=c1[nH]cc([N+](=O)[O-])c(OC(F)(F)F)c1S(=O)(=O)Cl. The van der Waals surface area contributed by atoms with Gasteiger partial charge in [0.1, 0.15) is 0 Å². The molecule has 0 aliphatic rings. The first kappa shape index (κ1) is 15.2. The molecule has 1 heterocycles. The van der Waals surface area contributed by atoms with Crippen LogP contribution in [0.1, 0.15) is 0 Å². The van der Waals surface area contributed by atoms with E-state index in [1.807, 2.05) is 0 Å². The van der Waals surface area contributed by atoms with Crippen LogP contribution in [-0.2, 0) is 9.05 Å². The average molecular weight is 323 g/mol. The molecule has 19 heavy (non-hydrogen) atoms. The number of hydrogen-bond donors (Lipinski definition) is 1. The van der Waals surface area contributed by atoms with Crippen molar-refractivity contribution in [2.45, 2.75) is 11.3 Å². The highest BCUT2D eigenvalue weighted by atomic mass is 35.7. The largest absolute Gasteiger partial charge is 0.573 e. The molecule has 0 atom stereocenters. The molecule has 0 aromatic carbocycles. The number of aromatic nitrogens is 1. The predicted octanol–water partition coefficient (Wildman–Crippen LogP) is 1.11. The van der Waals surface area contributed by atoms with Crippen molar-refractivity contribution in [3.63, 3.8) is 0 Å².